The number of hydrogen-bond acceptors (Lipinski definition) is 5. The number of halogens is 5. The number of alkyl halides is 3. The van der Waals surface area contributed by atoms with Gasteiger partial charge in [-0.1, -0.05) is 18.2 Å². The average molecular weight is 530 g/mol. The molecule has 0 aliphatic carbocycles. The van der Waals surface area contributed by atoms with Gasteiger partial charge in [-0.05, 0) is 48.5 Å². The molecule has 11 heteroatoms. The molecule has 0 bridgehead atoms. The van der Waals surface area contributed by atoms with Crippen LogP contribution in [-0.4, -0.2) is 48.1 Å². The van der Waals surface area contributed by atoms with E-state index in [4.69, 9.17) is 4.99 Å². The van der Waals surface area contributed by atoms with E-state index in [0.29, 0.717) is 43.5 Å². The molecule has 1 fully saturated rings. The summed E-state index contributed by atoms with van der Waals surface area (Å²) in [6.45, 7) is 1.87. The number of anilines is 2. The lowest BCUT2D eigenvalue weighted by Crippen LogP contribution is -2.55. The third-order valence-corrected chi connectivity index (χ3v) is 6.70. The van der Waals surface area contributed by atoms with Crippen LogP contribution >= 0.6 is 0 Å². The third kappa shape index (κ3) is 5.00. The summed E-state index contributed by atoms with van der Waals surface area (Å²) in [7, 11) is 0. The zero-order valence-electron chi connectivity index (χ0n) is 20.0. The monoisotopic (exact) mass is 530 g/mol. The summed E-state index contributed by atoms with van der Waals surface area (Å²) in [4.78, 5) is 22.0. The number of carboxylic acids is 1. The average Bonchev–Trinajstić information content (AvgIpc) is 2.88. The maximum atomic E-state index is 14.2. The molecular formula is C27H23F5N4O2. The normalized spacial score (nSPS) is 17.8. The third-order valence-electron chi connectivity index (χ3n) is 6.70. The van der Waals surface area contributed by atoms with E-state index in [1.807, 2.05) is 9.80 Å². The van der Waals surface area contributed by atoms with Crippen molar-refractivity contribution in [2.24, 2.45) is 4.99 Å². The largest absolute Gasteiger partial charge is 0.481 e. The highest BCUT2D eigenvalue weighted by molar-refractivity contribution is 6.01. The lowest BCUT2D eigenvalue weighted by molar-refractivity contribution is -0.140. The molecule has 1 atom stereocenters. The minimum Gasteiger partial charge on any atom is -0.481 e. The predicted molar refractivity (Wildman–Crippen MR) is 133 cm³/mol. The van der Waals surface area contributed by atoms with E-state index in [-0.39, 0.29) is 17.5 Å². The number of rotatable bonds is 4. The fourth-order valence-corrected chi connectivity index (χ4v) is 4.89. The highest BCUT2D eigenvalue weighted by atomic mass is 19.4. The number of para-hydroxylation sites is 1. The maximum Gasteiger partial charge on any atom is 0.419 e. The van der Waals surface area contributed by atoms with Crippen LogP contribution in [0.2, 0.25) is 0 Å². The lowest BCUT2D eigenvalue weighted by Gasteiger charge is -2.45. The lowest BCUT2D eigenvalue weighted by atomic mass is 9.97. The first-order chi connectivity index (χ1) is 18.1. The molecule has 0 saturated carbocycles. The van der Waals surface area contributed by atoms with Crippen molar-refractivity contribution in [3.8, 4) is 0 Å². The minimum atomic E-state index is -4.94. The number of carboxylic acid groups (broad SMARTS) is 1. The van der Waals surface area contributed by atoms with E-state index in [1.165, 1.54) is 23.1 Å². The fourth-order valence-electron chi connectivity index (χ4n) is 4.89. The van der Waals surface area contributed by atoms with Crippen molar-refractivity contribution < 1.29 is 31.9 Å². The van der Waals surface area contributed by atoms with Crippen LogP contribution in [0.25, 0.3) is 0 Å². The van der Waals surface area contributed by atoms with Gasteiger partial charge in [0.05, 0.1) is 23.7 Å². The van der Waals surface area contributed by atoms with Crippen molar-refractivity contribution in [3.63, 3.8) is 0 Å². The zero-order chi connectivity index (χ0) is 27.0. The Balaban J connectivity index is 1.55. The van der Waals surface area contributed by atoms with Gasteiger partial charge in [-0.15, -0.1) is 0 Å². The first kappa shape index (κ1) is 25.5. The standard InChI is InChI=1S/C27H23F5N4O2/c28-17-5-7-18(8-6-17)34-11-13-35(14-12-34)26-33-23-4-2-1-3-20(23)24(16-25(37)38)36(26)19-9-10-22(29)21(15-19)27(30,31)32/h1-10,15,24H,11-14,16H2,(H,37,38). The number of piperazine rings is 1. The van der Waals surface area contributed by atoms with Crippen molar-refractivity contribution >= 4 is 29.0 Å². The summed E-state index contributed by atoms with van der Waals surface area (Å²) >= 11 is 0. The van der Waals surface area contributed by atoms with Crippen LogP contribution in [0.4, 0.5) is 39.0 Å². The maximum absolute atomic E-state index is 14.2. The predicted octanol–water partition coefficient (Wildman–Crippen LogP) is 5.83. The van der Waals surface area contributed by atoms with Crippen molar-refractivity contribution in [1.29, 1.82) is 0 Å². The molecule has 198 valence electrons. The van der Waals surface area contributed by atoms with Crippen LogP contribution in [-0.2, 0) is 11.0 Å². The van der Waals surface area contributed by atoms with Gasteiger partial charge in [0, 0.05) is 43.1 Å². The van der Waals surface area contributed by atoms with Crippen LogP contribution in [0, 0.1) is 11.6 Å². The summed E-state index contributed by atoms with van der Waals surface area (Å²) in [5.41, 5.74) is 0.434. The number of aliphatic imine (C=N–C) groups is 1. The molecule has 0 aromatic heterocycles. The van der Waals surface area contributed by atoms with Gasteiger partial charge in [-0.3, -0.25) is 4.79 Å². The van der Waals surface area contributed by atoms with Crippen LogP contribution in [0.3, 0.4) is 0 Å². The van der Waals surface area contributed by atoms with Gasteiger partial charge < -0.3 is 19.8 Å². The van der Waals surface area contributed by atoms with Crippen LogP contribution in [0.5, 0.6) is 0 Å². The summed E-state index contributed by atoms with van der Waals surface area (Å²) in [6.07, 6.45) is -5.35. The molecule has 6 nitrogen and oxygen atoms in total. The molecule has 0 radical (unpaired) electrons. The number of fused-ring (bicyclic) bond motifs is 1. The molecule has 0 spiro atoms. The van der Waals surface area contributed by atoms with E-state index in [9.17, 15) is 31.9 Å². The summed E-state index contributed by atoms with van der Waals surface area (Å²) in [5, 5.41) is 9.71. The van der Waals surface area contributed by atoms with Gasteiger partial charge >= 0.3 is 12.1 Å². The van der Waals surface area contributed by atoms with Gasteiger partial charge in [-0.25, -0.2) is 13.8 Å². The molecule has 2 heterocycles. The van der Waals surface area contributed by atoms with E-state index in [0.717, 1.165) is 11.8 Å². The Hall–Kier alpha value is -4.15. The fraction of sp³-hybridized carbons (Fsp3) is 0.259. The van der Waals surface area contributed by atoms with E-state index in [2.05, 4.69) is 0 Å². The Morgan fingerprint density at radius 1 is 0.895 bits per heavy atom. The zero-order valence-corrected chi connectivity index (χ0v) is 20.0. The second-order valence-electron chi connectivity index (χ2n) is 9.07. The van der Waals surface area contributed by atoms with Gasteiger partial charge in [0.2, 0.25) is 5.96 Å². The highest BCUT2D eigenvalue weighted by Gasteiger charge is 2.39. The van der Waals surface area contributed by atoms with Crippen LogP contribution < -0.4 is 9.80 Å². The SMILES string of the molecule is O=C(O)CC1c2ccccc2N=C(N2CCN(c3ccc(F)cc3)CC2)N1c1ccc(F)c(C(F)(F)F)c1. The summed E-state index contributed by atoms with van der Waals surface area (Å²) < 4.78 is 68.3. The summed E-state index contributed by atoms with van der Waals surface area (Å²) in [6, 6.07) is 14.7. The van der Waals surface area contributed by atoms with Gasteiger partial charge in [0.25, 0.3) is 0 Å². The molecule has 1 unspecified atom stereocenters. The topological polar surface area (TPSA) is 59.4 Å². The Morgan fingerprint density at radius 3 is 2.18 bits per heavy atom. The summed E-state index contributed by atoms with van der Waals surface area (Å²) in [5.74, 6) is -2.62. The Labute approximate surface area is 215 Å². The van der Waals surface area contributed by atoms with Gasteiger partial charge in [0.15, 0.2) is 0 Å². The molecular weight excluding hydrogens is 507 g/mol. The molecule has 5 rings (SSSR count). The highest BCUT2D eigenvalue weighted by Crippen LogP contribution is 2.42. The number of aliphatic carboxylic acids is 1. The molecule has 2 aliphatic heterocycles. The Bertz CT molecular complexity index is 1370. The minimum absolute atomic E-state index is 0.0146. The van der Waals surface area contributed by atoms with E-state index < -0.39 is 36.0 Å². The smallest absolute Gasteiger partial charge is 0.419 e. The van der Waals surface area contributed by atoms with Crippen molar-refractivity contribution in [2.75, 3.05) is 36.0 Å². The molecule has 2 aliphatic rings. The number of guanidine groups is 1. The Morgan fingerprint density at radius 2 is 1.53 bits per heavy atom. The second kappa shape index (κ2) is 9.96. The molecule has 3 aromatic rings. The number of carbonyl (C=O) groups is 1. The van der Waals surface area contributed by atoms with Gasteiger partial charge in [-0.2, -0.15) is 13.2 Å². The second-order valence-corrected chi connectivity index (χ2v) is 9.07. The number of hydrogen-bond donors (Lipinski definition) is 1. The van der Waals surface area contributed by atoms with Crippen LogP contribution in [0.15, 0.2) is 71.7 Å². The van der Waals surface area contributed by atoms with E-state index in [1.54, 1.807) is 36.4 Å². The van der Waals surface area contributed by atoms with E-state index >= 15 is 0 Å². The first-order valence-corrected chi connectivity index (χ1v) is 11.9. The molecule has 0 amide bonds. The van der Waals surface area contributed by atoms with Crippen LogP contribution in [0.1, 0.15) is 23.6 Å². The Kier molecular flexibility index (Phi) is 6.68. The molecule has 3 aromatic carbocycles. The number of nitrogens with zero attached hydrogens (tertiary/aromatic N) is 4. The quantitative estimate of drug-likeness (QED) is 0.431. The van der Waals surface area contributed by atoms with Crippen molar-refractivity contribution in [1.82, 2.24) is 4.90 Å². The molecule has 1 N–H and O–H groups in total. The number of benzene rings is 3. The van der Waals surface area contributed by atoms with Crippen molar-refractivity contribution in [3.05, 3.63) is 89.5 Å². The first-order valence-electron chi connectivity index (χ1n) is 11.9. The molecule has 38 heavy (non-hydrogen) atoms. The molecule has 1 saturated heterocycles. The van der Waals surface area contributed by atoms with Crippen molar-refractivity contribution in [2.45, 2.75) is 18.6 Å². The van der Waals surface area contributed by atoms with Gasteiger partial charge in [0.1, 0.15) is 11.6 Å².